The summed E-state index contributed by atoms with van der Waals surface area (Å²) in [6, 6.07) is 5.16. The minimum absolute atomic E-state index is 0.0596. The van der Waals surface area contributed by atoms with Gasteiger partial charge in [-0.05, 0) is 24.6 Å². The molecule has 2 amide bonds. The predicted molar refractivity (Wildman–Crippen MR) is 91.7 cm³/mol. The number of nitrogen functional groups attached to an aromatic ring is 2. The number of hydrogen-bond donors (Lipinski definition) is 4. The summed E-state index contributed by atoms with van der Waals surface area (Å²) in [4.78, 5) is 32.3. The van der Waals surface area contributed by atoms with Gasteiger partial charge in [0.2, 0.25) is 17.8 Å². The fourth-order valence-corrected chi connectivity index (χ4v) is 2.72. The Morgan fingerprint density at radius 2 is 2.12 bits per heavy atom. The molecule has 9 heteroatoms. The second kappa shape index (κ2) is 5.97. The van der Waals surface area contributed by atoms with Crippen LogP contribution < -0.4 is 22.1 Å². The summed E-state index contributed by atoms with van der Waals surface area (Å²) >= 11 is 6.06. The number of benzene rings is 1. The Bertz CT molecular complexity index is 854. The molecule has 2 aromatic rings. The molecular formula is C15H15ClN6O2. The summed E-state index contributed by atoms with van der Waals surface area (Å²) in [5.41, 5.74) is 13.2. The van der Waals surface area contributed by atoms with Crippen molar-refractivity contribution in [3.8, 4) is 0 Å². The van der Waals surface area contributed by atoms with Gasteiger partial charge in [0.05, 0.1) is 11.5 Å². The SMILES string of the molecule is Cc1ccc(NC(=O)C2CC(=O)Nc3nc(N)nc(N)c32)cc1Cl. The largest absolute Gasteiger partial charge is 0.383 e. The highest BCUT2D eigenvalue weighted by atomic mass is 35.5. The third-order valence-electron chi connectivity index (χ3n) is 3.74. The average Bonchev–Trinajstić information content (AvgIpc) is 2.49. The number of carbonyl (C=O) groups is 2. The molecule has 1 aliphatic heterocycles. The number of nitrogens with zero attached hydrogens (tertiary/aromatic N) is 2. The number of nitrogens with two attached hydrogens (primary N) is 2. The molecule has 0 aliphatic carbocycles. The zero-order valence-electron chi connectivity index (χ0n) is 12.8. The van der Waals surface area contributed by atoms with Crippen LogP contribution in [-0.2, 0) is 9.59 Å². The molecule has 1 aromatic heterocycles. The van der Waals surface area contributed by atoms with E-state index in [9.17, 15) is 9.59 Å². The van der Waals surface area contributed by atoms with Crippen LogP contribution in [0.4, 0.5) is 23.3 Å². The van der Waals surface area contributed by atoms with Gasteiger partial charge in [0.25, 0.3) is 0 Å². The highest BCUT2D eigenvalue weighted by Gasteiger charge is 2.34. The lowest BCUT2D eigenvalue weighted by Gasteiger charge is -2.25. The minimum atomic E-state index is -0.811. The average molecular weight is 347 g/mol. The van der Waals surface area contributed by atoms with Gasteiger partial charge in [-0.25, -0.2) is 0 Å². The number of rotatable bonds is 2. The molecule has 2 heterocycles. The molecule has 6 N–H and O–H groups in total. The summed E-state index contributed by atoms with van der Waals surface area (Å²) in [5.74, 6) is -1.39. The van der Waals surface area contributed by atoms with E-state index in [0.717, 1.165) is 5.56 Å². The van der Waals surface area contributed by atoms with E-state index >= 15 is 0 Å². The summed E-state index contributed by atoms with van der Waals surface area (Å²) in [6.45, 7) is 1.86. The van der Waals surface area contributed by atoms with E-state index in [4.69, 9.17) is 23.1 Å². The van der Waals surface area contributed by atoms with Crippen molar-refractivity contribution in [3.63, 3.8) is 0 Å². The van der Waals surface area contributed by atoms with E-state index in [1.807, 2.05) is 6.92 Å². The van der Waals surface area contributed by atoms with Crippen LogP contribution in [0.2, 0.25) is 5.02 Å². The molecule has 1 atom stereocenters. The number of anilines is 4. The second-order valence-corrected chi connectivity index (χ2v) is 5.89. The van der Waals surface area contributed by atoms with Gasteiger partial charge in [0, 0.05) is 17.1 Å². The number of aromatic nitrogens is 2. The van der Waals surface area contributed by atoms with Crippen molar-refractivity contribution in [2.24, 2.45) is 0 Å². The summed E-state index contributed by atoms with van der Waals surface area (Å²) < 4.78 is 0. The van der Waals surface area contributed by atoms with Crippen LogP contribution in [0, 0.1) is 6.92 Å². The van der Waals surface area contributed by atoms with Crippen molar-refractivity contribution in [2.75, 3.05) is 22.1 Å². The summed E-state index contributed by atoms with van der Waals surface area (Å²) in [6.07, 6.45) is -0.0596. The monoisotopic (exact) mass is 346 g/mol. The predicted octanol–water partition coefficient (Wildman–Crippen LogP) is 1.67. The lowest BCUT2D eigenvalue weighted by Crippen LogP contribution is -2.32. The molecule has 0 fully saturated rings. The first-order valence-corrected chi connectivity index (χ1v) is 7.52. The molecule has 0 spiro atoms. The van der Waals surface area contributed by atoms with Crippen LogP contribution in [0.15, 0.2) is 18.2 Å². The van der Waals surface area contributed by atoms with E-state index < -0.39 is 11.8 Å². The Kier molecular flexibility index (Phi) is 3.98. The zero-order valence-corrected chi connectivity index (χ0v) is 13.5. The van der Waals surface area contributed by atoms with Crippen LogP contribution in [0.3, 0.4) is 0 Å². The summed E-state index contributed by atoms with van der Waals surface area (Å²) in [7, 11) is 0. The first-order chi connectivity index (χ1) is 11.3. The maximum atomic E-state index is 12.6. The topological polar surface area (TPSA) is 136 Å². The van der Waals surface area contributed by atoms with Crippen molar-refractivity contribution in [3.05, 3.63) is 34.3 Å². The standard InChI is InChI=1S/C15H15ClN6O2/c1-6-2-3-7(4-9(6)16)19-14(24)8-5-10(23)20-13-11(8)12(17)21-15(18)22-13/h2-4,8H,5H2,1H3,(H,19,24)(H5,17,18,20,21,22,23). The van der Waals surface area contributed by atoms with Crippen molar-refractivity contribution >= 4 is 46.7 Å². The number of aryl methyl sites for hydroxylation is 1. The van der Waals surface area contributed by atoms with Crippen molar-refractivity contribution in [1.29, 1.82) is 0 Å². The fourth-order valence-electron chi connectivity index (χ4n) is 2.54. The number of nitrogens with one attached hydrogen (secondary N) is 2. The summed E-state index contributed by atoms with van der Waals surface area (Å²) in [5, 5.41) is 5.83. The third kappa shape index (κ3) is 2.95. The lowest BCUT2D eigenvalue weighted by atomic mass is 9.92. The number of carbonyl (C=O) groups excluding carboxylic acids is 2. The maximum Gasteiger partial charge on any atom is 0.232 e. The van der Waals surface area contributed by atoms with Gasteiger partial charge in [-0.3, -0.25) is 9.59 Å². The van der Waals surface area contributed by atoms with Gasteiger partial charge >= 0.3 is 0 Å². The van der Waals surface area contributed by atoms with Gasteiger partial charge < -0.3 is 22.1 Å². The minimum Gasteiger partial charge on any atom is -0.383 e. The Labute approximate surface area is 142 Å². The van der Waals surface area contributed by atoms with Crippen molar-refractivity contribution < 1.29 is 9.59 Å². The Hall–Kier alpha value is -2.87. The van der Waals surface area contributed by atoms with E-state index in [1.165, 1.54) is 0 Å². The molecule has 0 saturated carbocycles. The van der Waals surface area contributed by atoms with Crippen LogP contribution in [0.5, 0.6) is 0 Å². The van der Waals surface area contributed by atoms with E-state index in [2.05, 4.69) is 20.6 Å². The van der Waals surface area contributed by atoms with Gasteiger partial charge in [-0.1, -0.05) is 17.7 Å². The van der Waals surface area contributed by atoms with Crippen LogP contribution in [0.1, 0.15) is 23.5 Å². The van der Waals surface area contributed by atoms with E-state index in [-0.39, 0.29) is 29.9 Å². The Morgan fingerprint density at radius 3 is 2.83 bits per heavy atom. The van der Waals surface area contributed by atoms with Gasteiger partial charge in [0.15, 0.2) is 0 Å². The van der Waals surface area contributed by atoms with Crippen molar-refractivity contribution in [1.82, 2.24) is 9.97 Å². The zero-order chi connectivity index (χ0) is 17.4. The molecule has 0 saturated heterocycles. The van der Waals surface area contributed by atoms with Gasteiger partial charge in [-0.15, -0.1) is 0 Å². The van der Waals surface area contributed by atoms with Crippen LogP contribution in [-0.4, -0.2) is 21.8 Å². The lowest BCUT2D eigenvalue weighted by molar-refractivity contribution is -0.123. The highest BCUT2D eigenvalue weighted by Crippen LogP contribution is 2.35. The Balaban J connectivity index is 1.93. The maximum absolute atomic E-state index is 12.6. The van der Waals surface area contributed by atoms with Crippen LogP contribution >= 0.6 is 11.6 Å². The Morgan fingerprint density at radius 1 is 1.38 bits per heavy atom. The first-order valence-electron chi connectivity index (χ1n) is 7.15. The number of hydrogen-bond acceptors (Lipinski definition) is 6. The smallest absolute Gasteiger partial charge is 0.232 e. The normalized spacial score (nSPS) is 16.2. The molecule has 0 radical (unpaired) electrons. The molecule has 1 aliphatic rings. The number of halogens is 1. The quantitative estimate of drug-likeness (QED) is 0.653. The molecule has 0 bridgehead atoms. The molecule has 3 rings (SSSR count). The molecular weight excluding hydrogens is 332 g/mol. The number of fused-ring (bicyclic) bond motifs is 1. The van der Waals surface area contributed by atoms with Crippen molar-refractivity contribution in [2.45, 2.75) is 19.3 Å². The molecule has 24 heavy (non-hydrogen) atoms. The van der Waals surface area contributed by atoms with Crippen LogP contribution in [0.25, 0.3) is 0 Å². The van der Waals surface area contributed by atoms with Gasteiger partial charge in [-0.2, -0.15) is 9.97 Å². The van der Waals surface area contributed by atoms with E-state index in [0.29, 0.717) is 16.3 Å². The fraction of sp³-hybridized carbons (Fsp3) is 0.200. The molecule has 1 unspecified atom stereocenters. The molecule has 124 valence electrons. The first kappa shape index (κ1) is 16.0. The number of amides is 2. The van der Waals surface area contributed by atoms with E-state index in [1.54, 1.807) is 18.2 Å². The second-order valence-electron chi connectivity index (χ2n) is 5.49. The highest BCUT2D eigenvalue weighted by molar-refractivity contribution is 6.31. The van der Waals surface area contributed by atoms with Gasteiger partial charge in [0.1, 0.15) is 11.6 Å². The third-order valence-corrected chi connectivity index (χ3v) is 4.15. The molecule has 8 nitrogen and oxygen atoms in total. The molecule has 1 aromatic carbocycles.